The van der Waals surface area contributed by atoms with Gasteiger partial charge in [0.05, 0.1) is 18.4 Å². The highest BCUT2D eigenvalue weighted by Crippen LogP contribution is 2.23. The van der Waals surface area contributed by atoms with Crippen LogP contribution >= 0.6 is 0 Å². The predicted molar refractivity (Wildman–Crippen MR) is 102 cm³/mol. The van der Waals surface area contributed by atoms with Gasteiger partial charge in [-0.25, -0.2) is 0 Å². The Bertz CT molecular complexity index is 945. The van der Waals surface area contributed by atoms with Crippen LogP contribution in [0.4, 0.5) is 5.69 Å². The molecular weight excluding hydrogens is 344 g/mol. The van der Waals surface area contributed by atoms with Gasteiger partial charge in [-0.2, -0.15) is 0 Å². The van der Waals surface area contributed by atoms with Crippen LogP contribution in [-0.4, -0.2) is 18.4 Å². The third kappa shape index (κ3) is 4.98. The molecular formula is C21H20N2O4. The Hall–Kier alpha value is -3.54. The minimum absolute atomic E-state index is 0.134. The average molecular weight is 364 g/mol. The number of furan rings is 1. The maximum Gasteiger partial charge on any atom is 0.255 e. The molecule has 1 aromatic heterocycles. The zero-order valence-corrected chi connectivity index (χ0v) is 15.1. The number of benzene rings is 2. The highest BCUT2D eigenvalue weighted by molar-refractivity contribution is 5.99. The number of hydrogen-bond donors (Lipinski definition) is 2. The van der Waals surface area contributed by atoms with Gasteiger partial charge < -0.3 is 19.8 Å². The smallest absolute Gasteiger partial charge is 0.255 e. The van der Waals surface area contributed by atoms with Crippen molar-refractivity contribution in [3.8, 4) is 11.5 Å². The molecule has 1 heterocycles. The summed E-state index contributed by atoms with van der Waals surface area (Å²) in [7, 11) is 0. The fourth-order valence-corrected chi connectivity index (χ4v) is 2.50. The number of nitrogens with one attached hydrogen (secondary N) is 2. The number of anilines is 1. The summed E-state index contributed by atoms with van der Waals surface area (Å²) >= 11 is 0. The number of amides is 2. The lowest BCUT2D eigenvalue weighted by Crippen LogP contribution is -2.32. The van der Waals surface area contributed by atoms with Crippen molar-refractivity contribution in [1.82, 2.24) is 5.32 Å². The topological polar surface area (TPSA) is 80.6 Å². The molecule has 0 aliphatic rings. The summed E-state index contributed by atoms with van der Waals surface area (Å²) in [5, 5.41) is 5.28. The summed E-state index contributed by atoms with van der Waals surface area (Å²) < 4.78 is 10.8. The quantitative estimate of drug-likeness (QED) is 0.691. The molecule has 2 aromatic carbocycles. The summed E-state index contributed by atoms with van der Waals surface area (Å²) in [5.41, 5.74) is 2.15. The van der Waals surface area contributed by atoms with Gasteiger partial charge >= 0.3 is 0 Å². The van der Waals surface area contributed by atoms with E-state index >= 15 is 0 Å². The summed E-state index contributed by atoms with van der Waals surface area (Å²) in [4.78, 5) is 24.0. The lowest BCUT2D eigenvalue weighted by molar-refractivity contribution is -0.115. The normalized spacial score (nSPS) is 10.3. The van der Waals surface area contributed by atoms with Crippen molar-refractivity contribution in [1.29, 1.82) is 0 Å². The fraction of sp³-hybridized carbons (Fsp3) is 0.143. The van der Waals surface area contributed by atoms with Gasteiger partial charge in [0.25, 0.3) is 5.91 Å². The van der Waals surface area contributed by atoms with Crippen LogP contribution in [0.3, 0.4) is 0 Å². The van der Waals surface area contributed by atoms with E-state index in [1.54, 1.807) is 37.3 Å². The Morgan fingerprint density at radius 3 is 2.44 bits per heavy atom. The van der Waals surface area contributed by atoms with Gasteiger partial charge in [-0.1, -0.05) is 12.1 Å². The minimum atomic E-state index is -0.349. The number of carbonyl (C=O) groups excluding carboxylic acids is 2. The lowest BCUT2D eigenvalue weighted by Gasteiger charge is -2.09. The average Bonchev–Trinajstić information content (AvgIpc) is 3.07. The molecule has 0 atom stereocenters. The molecule has 0 saturated carbocycles. The van der Waals surface area contributed by atoms with E-state index in [0.29, 0.717) is 22.8 Å². The second-order valence-electron chi connectivity index (χ2n) is 6.06. The van der Waals surface area contributed by atoms with Crippen LogP contribution in [0.2, 0.25) is 0 Å². The third-order valence-corrected chi connectivity index (χ3v) is 3.88. The Morgan fingerprint density at radius 2 is 1.78 bits per heavy atom. The van der Waals surface area contributed by atoms with Crippen LogP contribution in [0.5, 0.6) is 11.5 Å². The van der Waals surface area contributed by atoms with Crippen LogP contribution in [0, 0.1) is 13.8 Å². The van der Waals surface area contributed by atoms with E-state index in [9.17, 15) is 9.59 Å². The van der Waals surface area contributed by atoms with Gasteiger partial charge in [-0.3, -0.25) is 9.59 Å². The van der Waals surface area contributed by atoms with E-state index in [1.807, 2.05) is 31.2 Å². The first kappa shape index (κ1) is 18.3. The summed E-state index contributed by atoms with van der Waals surface area (Å²) in [6.07, 6.45) is 1.44. The lowest BCUT2D eigenvalue weighted by atomic mass is 10.2. The maximum atomic E-state index is 12.0. The largest absolute Gasteiger partial charge is 0.469 e. The number of rotatable bonds is 6. The van der Waals surface area contributed by atoms with Gasteiger partial charge in [-0.05, 0) is 61.9 Å². The van der Waals surface area contributed by atoms with Crippen LogP contribution in [-0.2, 0) is 4.79 Å². The van der Waals surface area contributed by atoms with Crippen molar-refractivity contribution in [2.24, 2.45) is 0 Å². The van der Waals surface area contributed by atoms with Crippen molar-refractivity contribution < 1.29 is 18.7 Å². The minimum Gasteiger partial charge on any atom is -0.469 e. The van der Waals surface area contributed by atoms with E-state index in [1.165, 1.54) is 6.26 Å². The van der Waals surface area contributed by atoms with E-state index < -0.39 is 0 Å². The highest BCUT2D eigenvalue weighted by Gasteiger charge is 2.12. The molecule has 3 rings (SSSR count). The van der Waals surface area contributed by atoms with E-state index in [4.69, 9.17) is 9.15 Å². The molecule has 0 aliphatic carbocycles. The molecule has 0 spiro atoms. The van der Waals surface area contributed by atoms with Gasteiger partial charge in [0.2, 0.25) is 5.91 Å². The molecule has 27 heavy (non-hydrogen) atoms. The van der Waals surface area contributed by atoms with Crippen LogP contribution in [0.1, 0.15) is 21.7 Å². The van der Waals surface area contributed by atoms with Crippen LogP contribution in [0.25, 0.3) is 0 Å². The molecule has 2 N–H and O–H groups in total. The molecule has 3 aromatic rings. The number of carbonyl (C=O) groups is 2. The number of aryl methyl sites for hydroxylation is 2. The Labute approximate surface area is 157 Å². The fourth-order valence-electron chi connectivity index (χ4n) is 2.50. The summed E-state index contributed by atoms with van der Waals surface area (Å²) in [5.74, 6) is 1.26. The maximum absolute atomic E-state index is 12.0. The predicted octanol–water partition coefficient (Wildman–Crippen LogP) is 4.06. The Balaban J connectivity index is 1.51. The first-order chi connectivity index (χ1) is 13.0. The first-order valence-corrected chi connectivity index (χ1v) is 8.48. The summed E-state index contributed by atoms with van der Waals surface area (Å²) in [6, 6.07) is 16.3. The van der Waals surface area contributed by atoms with Gasteiger partial charge in [0, 0.05) is 5.69 Å². The Kier molecular flexibility index (Phi) is 5.56. The van der Waals surface area contributed by atoms with Crippen molar-refractivity contribution in [3.05, 3.63) is 77.7 Å². The number of hydrogen-bond acceptors (Lipinski definition) is 4. The van der Waals surface area contributed by atoms with Crippen molar-refractivity contribution in [3.63, 3.8) is 0 Å². The molecule has 0 unspecified atom stereocenters. The van der Waals surface area contributed by atoms with Crippen molar-refractivity contribution >= 4 is 17.5 Å². The molecule has 0 fully saturated rings. The molecule has 0 radical (unpaired) electrons. The SMILES string of the molecule is Cc1cccc(Oc2ccc(NC(=O)CNC(=O)c3ccoc3C)cc2)c1. The monoisotopic (exact) mass is 364 g/mol. The zero-order valence-electron chi connectivity index (χ0n) is 15.1. The van der Waals surface area contributed by atoms with Gasteiger partial charge in [0.15, 0.2) is 0 Å². The summed E-state index contributed by atoms with van der Waals surface area (Å²) in [6.45, 7) is 3.55. The molecule has 138 valence electrons. The standard InChI is InChI=1S/C21H20N2O4/c1-14-4-3-5-18(12-14)27-17-8-6-16(7-9-17)23-20(24)13-22-21(25)19-10-11-26-15(19)2/h3-12H,13H2,1-2H3,(H,22,25)(H,23,24). The number of ether oxygens (including phenoxy) is 1. The van der Waals surface area contributed by atoms with E-state index in [-0.39, 0.29) is 18.4 Å². The molecule has 0 saturated heterocycles. The van der Waals surface area contributed by atoms with Crippen molar-refractivity contribution in [2.75, 3.05) is 11.9 Å². The highest BCUT2D eigenvalue weighted by atomic mass is 16.5. The van der Waals surface area contributed by atoms with Crippen LogP contribution < -0.4 is 15.4 Å². The van der Waals surface area contributed by atoms with Crippen molar-refractivity contribution in [2.45, 2.75) is 13.8 Å². The van der Waals surface area contributed by atoms with E-state index in [2.05, 4.69) is 10.6 Å². The van der Waals surface area contributed by atoms with Gasteiger partial charge in [0.1, 0.15) is 17.3 Å². The first-order valence-electron chi connectivity index (χ1n) is 8.48. The molecule has 0 bridgehead atoms. The molecule has 6 heteroatoms. The molecule has 6 nitrogen and oxygen atoms in total. The second kappa shape index (κ2) is 8.23. The third-order valence-electron chi connectivity index (χ3n) is 3.88. The second-order valence-corrected chi connectivity index (χ2v) is 6.06. The zero-order chi connectivity index (χ0) is 19.2. The van der Waals surface area contributed by atoms with Gasteiger partial charge in [-0.15, -0.1) is 0 Å². The Morgan fingerprint density at radius 1 is 1.00 bits per heavy atom. The molecule has 2 amide bonds. The molecule has 0 aliphatic heterocycles. The van der Waals surface area contributed by atoms with E-state index in [0.717, 1.165) is 11.3 Å². The van der Waals surface area contributed by atoms with Crippen LogP contribution in [0.15, 0.2) is 65.3 Å².